The monoisotopic (exact) mass is 398 g/mol. The topological polar surface area (TPSA) is 45.5 Å². The van der Waals surface area contributed by atoms with Gasteiger partial charge in [-0.2, -0.15) is 0 Å². The third-order valence-corrected chi connectivity index (χ3v) is 5.59. The van der Waals surface area contributed by atoms with Gasteiger partial charge in [-0.05, 0) is 60.9 Å². The molecule has 0 saturated carbocycles. The molecule has 6 heteroatoms. The number of likely N-dealkylation sites (tertiary alicyclic amines) is 1. The second-order valence-electron chi connectivity index (χ2n) is 7.09. The number of aliphatic hydroxyl groups is 1. The van der Waals surface area contributed by atoms with Crippen LogP contribution >= 0.6 is 11.6 Å². The number of halogens is 2. The smallest absolute Gasteiger partial charge is 0.256 e. The van der Waals surface area contributed by atoms with E-state index >= 15 is 0 Å². The van der Waals surface area contributed by atoms with Crippen LogP contribution in [-0.4, -0.2) is 33.6 Å². The molecule has 0 radical (unpaired) electrons. The van der Waals surface area contributed by atoms with Gasteiger partial charge in [-0.3, -0.25) is 4.79 Å². The highest BCUT2D eigenvalue weighted by molar-refractivity contribution is 6.30. The lowest BCUT2D eigenvalue weighted by Crippen LogP contribution is -2.45. The zero-order chi connectivity index (χ0) is 19.7. The van der Waals surface area contributed by atoms with E-state index in [1.165, 1.54) is 6.07 Å². The zero-order valence-electron chi connectivity index (χ0n) is 15.2. The van der Waals surface area contributed by atoms with Crippen molar-refractivity contribution >= 4 is 17.5 Å². The van der Waals surface area contributed by atoms with E-state index in [9.17, 15) is 14.3 Å². The lowest BCUT2D eigenvalue weighted by molar-refractivity contribution is -0.0212. The molecule has 0 unspecified atom stereocenters. The number of nitrogens with zero attached hydrogens (tertiary/aromatic N) is 2. The summed E-state index contributed by atoms with van der Waals surface area (Å²) in [6.07, 6.45) is 4.46. The quantitative estimate of drug-likeness (QED) is 0.711. The summed E-state index contributed by atoms with van der Waals surface area (Å²) in [7, 11) is 0. The Morgan fingerprint density at radius 2 is 1.68 bits per heavy atom. The molecule has 1 saturated heterocycles. The lowest BCUT2D eigenvalue weighted by Gasteiger charge is -2.38. The molecule has 3 aromatic rings. The van der Waals surface area contributed by atoms with E-state index in [0.29, 0.717) is 31.0 Å². The maximum atomic E-state index is 14.4. The van der Waals surface area contributed by atoms with Crippen molar-refractivity contribution in [2.75, 3.05) is 13.1 Å². The molecular formula is C22H20ClFN2O2. The van der Waals surface area contributed by atoms with Crippen molar-refractivity contribution in [3.05, 3.63) is 89.0 Å². The SMILES string of the molecule is O=C(c1cc(-n2cccc2)ccc1F)N1CCC(O)(c2ccc(Cl)cc2)CC1. The maximum Gasteiger partial charge on any atom is 0.256 e. The minimum absolute atomic E-state index is 0.0446. The van der Waals surface area contributed by atoms with Crippen LogP contribution in [0.3, 0.4) is 0 Å². The van der Waals surface area contributed by atoms with E-state index in [-0.39, 0.29) is 11.5 Å². The van der Waals surface area contributed by atoms with Crippen LogP contribution in [0.25, 0.3) is 5.69 Å². The number of hydrogen-bond donors (Lipinski definition) is 1. The standard InChI is InChI=1S/C22H20ClFN2O2/c23-17-5-3-16(4-6-17)22(28)9-13-26(14-10-22)21(27)19-15-18(7-8-20(19)24)25-11-1-2-12-25/h1-8,11-12,15,28H,9-10,13-14H2. The predicted octanol–water partition coefficient (Wildman–Crippen LogP) is 4.39. The van der Waals surface area contributed by atoms with Gasteiger partial charge in [0.25, 0.3) is 5.91 Å². The lowest BCUT2D eigenvalue weighted by atomic mass is 9.84. The first-order valence-corrected chi connectivity index (χ1v) is 9.55. The molecule has 1 aliphatic rings. The average Bonchev–Trinajstić information content (AvgIpc) is 3.24. The Hall–Kier alpha value is -2.63. The Morgan fingerprint density at radius 3 is 2.32 bits per heavy atom. The number of carbonyl (C=O) groups excluding carboxylic acids is 1. The number of benzene rings is 2. The highest BCUT2D eigenvalue weighted by atomic mass is 35.5. The summed E-state index contributed by atoms with van der Waals surface area (Å²) >= 11 is 5.92. The van der Waals surface area contributed by atoms with Crippen LogP contribution in [0.15, 0.2) is 67.0 Å². The third-order valence-electron chi connectivity index (χ3n) is 5.34. The zero-order valence-corrected chi connectivity index (χ0v) is 15.9. The van der Waals surface area contributed by atoms with E-state index < -0.39 is 11.4 Å². The fraction of sp³-hybridized carbons (Fsp3) is 0.227. The molecule has 4 nitrogen and oxygen atoms in total. The molecule has 1 amide bonds. The van der Waals surface area contributed by atoms with Crippen molar-refractivity contribution in [3.63, 3.8) is 0 Å². The minimum Gasteiger partial charge on any atom is -0.385 e. The Balaban J connectivity index is 1.51. The van der Waals surface area contributed by atoms with Crippen LogP contribution in [0.2, 0.25) is 5.02 Å². The summed E-state index contributed by atoms with van der Waals surface area (Å²) < 4.78 is 16.2. The molecule has 144 valence electrons. The number of amides is 1. The van der Waals surface area contributed by atoms with Crippen LogP contribution in [0.1, 0.15) is 28.8 Å². The molecule has 4 rings (SSSR count). The molecule has 0 spiro atoms. The third kappa shape index (κ3) is 3.55. The van der Waals surface area contributed by atoms with Crippen molar-refractivity contribution in [3.8, 4) is 5.69 Å². The van der Waals surface area contributed by atoms with Crippen LogP contribution in [-0.2, 0) is 5.60 Å². The van der Waals surface area contributed by atoms with E-state index in [2.05, 4.69) is 0 Å². The highest BCUT2D eigenvalue weighted by Gasteiger charge is 2.36. The van der Waals surface area contributed by atoms with Gasteiger partial charge < -0.3 is 14.6 Å². The average molecular weight is 399 g/mol. The van der Waals surface area contributed by atoms with Crippen molar-refractivity contribution < 1.29 is 14.3 Å². The largest absolute Gasteiger partial charge is 0.385 e. The Morgan fingerprint density at radius 1 is 1.04 bits per heavy atom. The fourth-order valence-corrected chi connectivity index (χ4v) is 3.77. The second-order valence-corrected chi connectivity index (χ2v) is 7.52. The normalized spacial score (nSPS) is 16.2. The molecule has 0 bridgehead atoms. The van der Waals surface area contributed by atoms with Gasteiger partial charge in [0.15, 0.2) is 0 Å². The summed E-state index contributed by atoms with van der Waals surface area (Å²) in [5, 5.41) is 11.6. The highest BCUT2D eigenvalue weighted by Crippen LogP contribution is 2.34. The van der Waals surface area contributed by atoms with Crippen LogP contribution in [0.4, 0.5) is 4.39 Å². The Kier molecular flexibility index (Phi) is 4.96. The number of rotatable bonds is 3. The van der Waals surface area contributed by atoms with Crippen LogP contribution in [0.5, 0.6) is 0 Å². The molecule has 28 heavy (non-hydrogen) atoms. The predicted molar refractivity (Wildman–Crippen MR) is 106 cm³/mol. The van der Waals surface area contributed by atoms with Crippen molar-refractivity contribution in [1.82, 2.24) is 9.47 Å². The van der Waals surface area contributed by atoms with Gasteiger partial charge in [0.2, 0.25) is 0 Å². The van der Waals surface area contributed by atoms with Crippen LogP contribution in [0, 0.1) is 5.82 Å². The van der Waals surface area contributed by atoms with E-state index in [0.717, 1.165) is 11.3 Å². The second kappa shape index (κ2) is 7.41. The van der Waals surface area contributed by atoms with Gasteiger partial charge >= 0.3 is 0 Å². The maximum absolute atomic E-state index is 14.4. The molecule has 1 aliphatic heterocycles. The number of carbonyl (C=O) groups is 1. The van der Waals surface area contributed by atoms with E-state index in [1.807, 2.05) is 29.1 Å². The van der Waals surface area contributed by atoms with Crippen molar-refractivity contribution in [1.29, 1.82) is 0 Å². The summed E-state index contributed by atoms with van der Waals surface area (Å²) in [4.78, 5) is 14.5. The molecule has 0 atom stereocenters. The molecular weight excluding hydrogens is 379 g/mol. The summed E-state index contributed by atoms with van der Waals surface area (Å²) in [5.74, 6) is -0.899. The summed E-state index contributed by atoms with van der Waals surface area (Å²) in [5.41, 5.74) is 0.546. The molecule has 1 aromatic heterocycles. The molecule has 2 heterocycles. The first kappa shape index (κ1) is 18.7. The number of piperidine rings is 1. The Bertz CT molecular complexity index is 978. The Labute approximate surface area is 167 Å². The number of aromatic nitrogens is 1. The van der Waals surface area contributed by atoms with E-state index in [1.54, 1.807) is 41.3 Å². The van der Waals surface area contributed by atoms with E-state index in [4.69, 9.17) is 11.6 Å². The number of hydrogen-bond acceptors (Lipinski definition) is 2. The van der Waals surface area contributed by atoms with Gasteiger partial charge in [-0.1, -0.05) is 23.7 Å². The van der Waals surface area contributed by atoms with Crippen molar-refractivity contribution in [2.24, 2.45) is 0 Å². The van der Waals surface area contributed by atoms with Gasteiger partial charge in [-0.25, -0.2) is 4.39 Å². The van der Waals surface area contributed by atoms with Gasteiger partial charge in [-0.15, -0.1) is 0 Å². The summed E-state index contributed by atoms with van der Waals surface area (Å²) in [6.45, 7) is 0.705. The van der Waals surface area contributed by atoms with Gasteiger partial charge in [0.05, 0.1) is 11.2 Å². The molecule has 2 aromatic carbocycles. The first-order valence-electron chi connectivity index (χ1n) is 9.17. The molecule has 1 fully saturated rings. The fourth-order valence-electron chi connectivity index (χ4n) is 3.64. The van der Waals surface area contributed by atoms with Gasteiger partial charge in [0, 0.05) is 36.2 Å². The van der Waals surface area contributed by atoms with Crippen molar-refractivity contribution in [2.45, 2.75) is 18.4 Å². The summed E-state index contributed by atoms with van der Waals surface area (Å²) in [6, 6.07) is 15.4. The molecule has 1 N–H and O–H groups in total. The first-order chi connectivity index (χ1) is 13.5. The minimum atomic E-state index is -1.01. The van der Waals surface area contributed by atoms with Gasteiger partial charge in [0.1, 0.15) is 5.82 Å². The van der Waals surface area contributed by atoms with Crippen LogP contribution < -0.4 is 0 Å². The molecule has 0 aliphatic carbocycles.